The van der Waals surface area contributed by atoms with Crippen molar-refractivity contribution in [3.8, 4) is 17.2 Å². The van der Waals surface area contributed by atoms with E-state index in [1.807, 2.05) is 18.2 Å². The average Bonchev–Trinajstić information content (AvgIpc) is 2.51. The largest absolute Gasteiger partial charge is 0.508 e. The van der Waals surface area contributed by atoms with Gasteiger partial charge in [-0.25, -0.2) is 0 Å². The van der Waals surface area contributed by atoms with Gasteiger partial charge in [0.05, 0.1) is 0 Å². The fourth-order valence-electron chi connectivity index (χ4n) is 1.28. The molecule has 0 heterocycles. The number of hydrogen-bond acceptors (Lipinski definition) is 3. The molecule has 0 aromatic heterocycles. The van der Waals surface area contributed by atoms with Crippen molar-refractivity contribution in [1.29, 1.82) is 0 Å². The van der Waals surface area contributed by atoms with Gasteiger partial charge in [-0.2, -0.15) is 0 Å². The molecule has 0 aliphatic heterocycles. The van der Waals surface area contributed by atoms with Gasteiger partial charge in [0, 0.05) is 17.1 Å². The van der Waals surface area contributed by atoms with Crippen molar-refractivity contribution in [2.75, 3.05) is 0 Å². The van der Waals surface area contributed by atoms with Gasteiger partial charge >= 0.3 is 0 Å². The topological polar surface area (TPSA) is 60.7 Å². The summed E-state index contributed by atoms with van der Waals surface area (Å²) < 4.78 is 0. The van der Waals surface area contributed by atoms with Crippen LogP contribution >= 0.6 is 0 Å². The third-order valence-electron chi connectivity index (χ3n) is 2.27. The van der Waals surface area contributed by atoms with Crippen molar-refractivity contribution >= 4 is 0 Å². The van der Waals surface area contributed by atoms with E-state index in [1.165, 1.54) is 0 Å². The van der Waals surface area contributed by atoms with Crippen molar-refractivity contribution < 1.29 is 32.4 Å². The first kappa shape index (κ1) is 19.6. The smallest absolute Gasteiger partial charge is 0.115 e. The van der Waals surface area contributed by atoms with E-state index in [2.05, 4.69) is 0 Å². The van der Waals surface area contributed by atoms with Gasteiger partial charge in [0.2, 0.25) is 0 Å². The molecule has 0 fully saturated rings. The van der Waals surface area contributed by atoms with Crippen LogP contribution in [0.5, 0.6) is 17.2 Å². The fraction of sp³-hybridized carbons (Fsp3) is 0. The summed E-state index contributed by atoms with van der Waals surface area (Å²) in [6.07, 6.45) is 0. The quantitative estimate of drug-likeness (QED) is 0.539. The molecule has 3 N–H and O–H groups in total. The van der Waals surface area contributed by atoms with Crippen molar-refractivity contribution in [2.45, 2.75) is 0 Å². The maximum Gasteiger partial charge on any atom is 0.115 e. The van der Waals surface area contributed by atoms with E-state index >= 15 is 0 Å². The Morgan fingerprint density at radius 3 is 0.636 bits per heavy atom. The molecule has 0 radical (unpaired) electrons. The summed E-state index contributed by atoms with van der Waals surface area (Å²) in [4.78, 5) is 0. The van der Waals surface area contributed by atoms with Crippen molar-refractivity contribution in [3.05, 3.63) is 91.0 Å². The normalized spacial score (nSPS) is 8.18. The first-order chi connectivity index (χ1) is 10.2. The van der Waals surface area contributed by atoms with Crippen LogP contribution in [-0.4, -0.2) is 15.3 Å². The molecule has 0 unspecified atom stereocenters. The van der Waals surface area contributed by atoms with Gasteiger partial charge in [-0.3, -0.25) is 0 Å². The SMILES string of the molecule is Oc1ccccc1.Oc1ccccc1.Oc1ccccc1.[Fe]. The van der Waals surface area contributed by atoms with Gasteiger partial charge in [-0.1, -0.05) is 54.6 Å². The first-order valence-electron chi connectivity index (χ1n) is 6.40. The minimum absolute atomic E-state index is 0. The summed E-state index contributed by atoms with van der Waals surface area (Å²) in [6, 6.07) is 26.1. The number of benzene rings is 3. The second-order valence-corrected chi connectivity index (χ2v) is 4.01. The second-order valence-electron chi connectivity index (χ2n) is 4.01. The van der Waals surface area contributed by atoms with Gasteiger partial charge in [0.25, 0.3) is 0 Å². The predicted molar refractivity (Wildman–Crippen MR) is 84.3 cm³/mol. The number of phenols is 3. The van der Waals surface area contributed by atoms with Crippen molar-refractivity contribution in [3.63, 3.8) is 0 Å². The van der Waals surface area contributed by atoms with Crippen LogP contribution in [-0.2, 0) is 17.1 Å². The molecular formula is C18H18FeO3. The molecule has 0 atom stereocenters. The fourth-order valence-corrected chi connectivity index (χ4v) is 1.28. The van der Waals surface area contributed by atoms with Crippen LogP contribution in [0.15, 0.2) is 91.0 Å². The summed E-state index contributed by atoms with van der Waals surface area (Å²) in [5, 5.41) is 25.9. The Morgan fingerprint density at radius 1 is 0.364 bits per heavy atom. The summed E-state index contributed by atoms with van der Waals surface area (Å²) in [5.74, 6) is 0.965. The van der Waals surface area contributed by atoms with Crippen LogP contribution in [0.2, 0.25) is 0 Å². The Morgan fingerprint density at radius 2 is 0.545 bits per heavy atom. The first-order valence-corrected chi connectivity index (χ1v) is 6.40. The van der Waals surface area contributed by atoms with E-state index in [-0.39, 0.29) is 17.1 Å². The number of rotatable bonds is 0. The Labute approximate surface area is 141 Å². The van der Waals surface area contributed by atoms with Crippen LogP contribution in [0.3, 0.4) is 0 Å². The minimum atomic E-state index is 0. The zero-order valence-electron chi connectivity index (χ0n) is 11.9. The molecule has 0 aliphatic rings. The zero-order valence-corrected chi connectivity index (χ0v) is 13.0. The van der Waals surface area contributed by atoms with Crippen LogP contribution in [0.25, 0.3) is 0 Å². The molecular weight excluding hydrogens is 320 g/mol. The van der Waals surface area contributed by atoms with Crippen molar-refractivity contribution in [1.82, 2.24) is 0 Å². The van der Waals surface area contributed by atoms with Crippen LogP contribution < -0.4 is 0 Å². The summed E-state index contributed by atoms with van der Waals surface area (Å²) in [5.41, 5.74) is 0. The third-order valence-corrected chi connectivity index (χ3v) is 2.27. The van der Waals surface area contributed by atoms with E-state index in [1.54, 1.807) is 72.8 Å². The molecule has 0 bridgehead atoms. The Kier molecular flexibility index (Phi) is 11.0. The summed E-state index contributed by atoms with van der Waals surface area (Å²) in [6.45, 7) is 0. The molecule has 0 aliphatic carbocycles. The van der Waals surface area contributed by atoms with Crippen LogP contribution in [0.1, 0.15) is 0 Å². The Balaban J connectivity index is 0.000000294. The number of para-hydroxylation sites is 3. The van der Waals surface area contributed by atoms with Crippen LogP contribution in [0, 0.1) is 0 Å². The van der Waals surface area contributed by atoms with Gasteiger partial charge in [-0.05, 0) is 36.4 Å². The Bertz CT molecular complexity index is 497. The van der Waals surface area contributed by atoms with E-state index in [0.29, 0.717) is 17.2 Å². The molecule has 3 rings (SSSR count). The second kappa shape index (κ2) is 12.3. The molecule has 0 amide bonds. The van der Waals surface area contributed by atoms with E-state index in [0.717, 1.165) is 0 Å². The number of aromatic hydroxyl groups is 3. The van der Waals surface area contributed by atoms with Gasteiger partial charge in [0.15, 0.2) is 0 Å². The maximum absolute atomic E-state index is 8.63. The number of phenolic OH excluding ortho intramolecular Hbond substituents is 3. The average molecular weight is 338 g/mol. The van der Waals surface area contributed by atoms with Gasteiger partial charge in [0.1, 0.15) is 17.2 Å². The van der Waals surface area contributed by atoms with Crippen molar-refractivity contribution in [2.24, 2.45) is 0 Å². The molecule has 3 aromatic rings. The predicted octanol–water partition coefficient (Wildman–Crippen LogP) is 4.17. The van der Waals surface area contributed by atoms with E-state index in [4.69, 9.17) is 15.3 Å². The Hall–Kier alpha value is -2.42. The molecule has 0 saturated heterocycles. The molecule has 116 valence electrons. The molecule has 22 heavy (non-hydrogen) atoms. The van der Waals surface area contributed by atoms with E-state index in [9.17, 15) is 0 Å². The molecule has 3 nitrogen and oxygen atoms in total. The molecule has 4 heteroatoms. The molecule has 3 aromatic carbocycles. The van der Waals surface area contributed by atoms with Crippen LogP contribution in [0.4, 0.5) is 0 Å². The van der Waals surface area contributed by atoms with Gasteiger partial charge < -0.3 is 15.3 Å². The number of hydrogen-bond donors (Lipinski definition) is 3. The van der Waals surface area contributed by atoms with E-state index < -0.39 is 0 Å². The standard InChI is InChI=1S/3C6H6O.Fe/c3*7-6-4-2-1-3-5-6;/h3*1-5,7H;. The molecule has 0 spiro atoms. The zero-order chi connectivity index (χ0) is 15.3. The minimum Gasteiger partial charge on any atom is -0.508 e. The third kappa shape index (κ3) is 10.4. The maximum atomic E-state index is 8.63. The summed E-state index contributed by atoms with van der Waals surface area (Å²) in [7, 11) is 0. The molecule has 0 saturated carbocycles. The summed E-state index contributed by atoms with van der Waals surface area (Å²) >= 11 is 0. The van der Waals surface area contributed by atoms with Gasteiger partial charge in [-0.15, -0.1) is 0 Å². The monoisotopic (exact) mass is 338 g/mol.